The van der Waals surface area contributed by atoms with E-state index in [9.17, 15) is 9.59 Å². The largest absolute Gasteiger partial charge is 0.341 e. The molecule has 1 aromatic heterocycles. The van der Waals surface area contributed by atoms with Crippen LogP contribution in [-0.2, 0) is 11.3 Å². The molecule has 5 atom stereocenters. The van der Waals surface area contributed by atoms with Crippen molar-refractivity contribution in [3.63, 3.8) is 0 Å². The predicted octanol–water partition coefficient (Wildman–Crippen LogP) is 5.23. The number of fused-ring (bicyclic) bond motifs is 6. The van der Waals surface area contributed by atoms with Gasteiger partial charge < -0.3 is 4.90 Å². The van der Waals surface area contributed by atoms with Crippen LogP contribution in [0.3, 0.4) is 0 Å². The topological polar surface area (TPSA) is 42.3 Å². The summed E-state index contributed by atoms with van der Waals surface area (Å²) >= 11 is 9.46. The van der Waals surface area contributed by atoms with Crippen LogP contribution < -0.4 is 4.87 Å². The molecule has 31 heavy (non-hydrogen) atoms. The van der Waals surface area contributed by atoms with E-state index in [0.29, 0.717) is 11.2 Å². The van der Waals surface area contributed by atoms with Gasteiger partial charge in [0, 0.05) is 34.2 Å². The Hall–Kier alpha value is -1.24. The van der Waals surface area contributed by atoms with Crippen LogP contribution in [0.2, 0.25) is 5.02 Å². The van der Waals surface area contributed by atoms with Gasteiger partial charge in [0.05, 0.1) is 5.03 Å². The average molecular weight is 475 g/mol. The van der Waals surface area contributed by atoms with Crippen LogP contribution in [0.25, 0.3) is 0 Å². The van der Waals surface area contributed by atoms with Crippen molar-refractivity contribution in [2.24, 2.45) is 17.8 Å². The molecule has 2 bridgehead atoms. The summed E-state index contributed by atoms with van der Waals surface area (Å²) in [6, 6.07) is 8.23. The number of rotatable bonds is 3. The van der Waals surface area contributed by atoms with Gasteiger partial charge in [0.15, 0.2) is 0 Å². The number of carbonyl (C=O) groups is 1. The maximum atomic E-state index is 13.1. The van der Waals surface area contributed by atoms with E-state index < -0.39 is 0 Å². The lowest BCUT2D eigenvalue weighted by Gasteiger charge is -2.40. The van der Waals surface area contributed by atoms with E-state index in [1.165, 1.54) is 47.5 Å². The number of amides is 1. The lowest BCUT2D eigenvalue weighted by molar-refractivity contribution is -0.132. The number of thiazole rings is 1. The number of aromatic nitrogens is 1. The smallest absolute Gasteiger partial charge is 0.308 e. The molecule has 0 unspecified atom stereocenters. The fraction of sp³-hybridized carbons (Fsp3) is 0.583. The summed E-state index contributed by atoms with van der Waals surface area (Å²) in [5.74, 6) is 2.42. The molecule has 4 aliphatic rings. The molecule has 0 spiro atoms. The Morgan fingerprint density at radius 2 is 1.81 bits per heavy atom. The number of nitrogens with zero attached hydrogens (tertiary/aromatic N) is 2. The van der Waals surface area contributed by atoms with Crippen molar-refractivity contribution < 1.29 is 4.79 Å². The molecule has 4 nitrogen and oxygen atoms in total. The van der Waals surface area contributed by atoms with Gasteiger partial charge in [-0.15, -0.1) is 11.8 Å². The van der Waals surface area contributed by atoms with Gasteiger partial charge in [0.25, 0.3) is 0 Å². The van der Waals surface area contributed by atoms with Crippen molar-refractivity contribution in [2.45, 2.75) is 61.3 Å². The van der Waals surface area contributed by atoms with E-state index in [-0.39, 0.29) is 23.2 Å². The Morgan fingerprint density at radius 3 is 2.58 bits per heavy atom. The summed E-state index contributed by atoms with van der Waals surface area (Å²) in [5.41, 5.74) is 1.27. The number of carbonyl (C=O) groups excluding carboxylic acids is 1. The van der Waals surface area contributed by atoms with Gasteiger partial charge >= 0.3 is 4.87 Å². The van der Waals surface area contributed by atoms with Crippen molar-refractivity contribution in [3.05, 3.63) is 49.4 Å². The quantitative estimate of drug-likeness (QED) is 0.611. The third kappa shape index (κ3) is 3.41. The number of likely N-dealkylation sites (tertiary alicyclic amines) is 1. The van der Waals surface area contributed by atoms with Crippen LogP contribution in [0.1, 0.15) is 54.9 Å². The standard InChI is InChI=1S/C24H27ClN2O2S2/c25-17-8-6-14(7-9-17)19-20-15-4-5-16(12-15)21(20)30-23-22(19)31-24(29)27(23)13-18(28)26-10-2-1-3-11-26/h6-9,15-16,19-21H,1-5,10-13H2/t15-,16-,19-,20-,21+/m0/s1. The zero-order valence-electron chi connectivity index (χ0n) is 17.5. The first-order chi connectivity index (χ1) is 15.1. The first kappa shape index (κ1) is 20.4. The van der Waals surface area contributed by atoms with Crippen LogP contribution in [0.5, 0.6) is 0 Å². The minimum absolute atomic E-state index is 0.0224. The Morgan fingerprint density at radius 1 is 1.06 bits per heavy atom. The number of halogens is 1. The summed E-state index contributed by atoms with van der Waals surface area (Å²) in [6.07, 6.45) is 7.28. The first-order valence-corrected chi connectivity index (χ1v) is 13.6. The highest BCUT2D eigenvalue weighted by atomic mass is 35.5. The van der Waals surface area contributed by atoms with Crippen molar-refractivity contribution >= 4 is 40.6 Å². The highest BCUT2D eigenvalue weighted by molar-refractivity contribution is 8.00. The van der Waals surface area contributed by atoms with Crippen molar-refractivity contribution in [3.8, 4) is 0 Å². The SMILES string of the molecule is O=C(Cn1c2c(sc1=O)[C@@H](c1ccc(Cl)cc1)[C@@H]1[C@H]3CC[C@@H](C3)[C@H]1S2)N1CCCCC1. The van der Waals surface area contributed by atoms with E-state index in [2.05, 4.69) is 12.1 Å². The molecule has 1 aromatic carbocycles. The molecule has 0 radical (unpaired) electrons. The Balaban J connectivity index is 1.40. The third-order valence-electron chi connectivity index (χ3n) is 7.92. The lowest BCUT2D eigenvalue weighted by Crippen LogP contribution is -2.39. The molecule has 3 heterocycles. The van der Waals surface area contributed by atoms with Gasteiger partial charge in [0.2, 0.25) is 5.91 Å². The van der Waals surface area contributed by atoms with E-state index in [4.69, 9.17) is 11.6 Å². The van der Waals surface area contributed by atoms with Crippen LogP contribution in [0.4, 0.5) is 0 Å². The summed E-state index contributed by atoms with van der Waals surface area (Å²) in [7, 11) is 0. The molecular weight excluding hydrogens is 448 g/mol. The zero-order valence-corrected chi connectivity index (χ0v) is 19.9. The Kier molecular flexibility index (Phi) is 5.23. The van der Waals surface area contributed by atoms with E-state index >= 15 is 0 Å². The van der Waals surface area contributed by atoms with E-state index in [0.717, 1.165) is 47.8 Å². The van der Waals surface area contributed by atoms with E-state index in [1.807, 2.05) is 28.8 Å². The second-order valence-electron chi connectivity index (χ2n) is 9.59. The van der Waals surface area contributed by atoms with Gasteiger partial charge in [-0.25, -0.2) is 0 Å². The monoisotopic (exact) mass is 474 g/mol. The van der Waals surface area contributed by atoms with Gasteiger partial charge in [-0.2, -0.15) is 0 Å². The predicted molar refractivity (Wildman–Crippen MR) is 126 cm³/mol. The average Bonchev–Trinajstić information content (AvgIpc) is 3.48. The van der Waals surface area contributed by atoms with Gasteiger partial charge in [-0.05, 0) is 74.0 Å². The summed E-state index contributed by atoms with van der Waals surface area (Å²) < 4.78 is 1.80. The lowest BCUT2D eigenvalue weighted by atomic mass is 9.75. The van der Waals surface area contributed by atoms with Crippen LogP contribution >= 0.6 is 34.7 Å². The summed E-state index contributed by atoms with van der Waals surface area (Å²) in [5, 5.41) is 2.36. The minimum Gasteiger partial charge on any atom is -0.341 e. The second kappa shape index (κ2) is 7.96. The molecule has 2 aliphatic carbocycles. The fourth-order valence-corrected chi connectivity index (χ4v) is 9.79. The third-order valence-corrected chi connectivity index (χ3v) is 11.0. The summed E-state index contributed by atoms with van der Waals surface area (Å²) in [6.45, 7) is 1.85. The highest BCUT2D eigenvalue weighted by Crippen LogP contribution is 2.64. The van der Waals surface area contributed by atoms with Crippen LogP contribution in [0, 0.1) is 17.8 Å². The maximum absolute atomic E-state index is 13.1. The highest BCUT2D eigenvalue weighted by Gasteiger charge is 2.55. The molecule has 1 saturated heterocycles. The molecule has 7 heteroatoms. The van der Waals surface area contributed by atoms with Crippen molar-refractivity contribution in [2.75, 3.05) is 13.1 Å². The van der Waals surface area contributed by atoms with Crippen LogP contribution in [-0.4, -0.2) is 33.7 Å². The number of hydrogen-bond acceptors (Lipinski definition) is 4. The second-order valence-corrected chi connectivity index (χ2v) is 12.2. The molecule has 2 saturated carbocycles. The molecule has 2 aromatic rings. The molecular formula is C24H27ClN2O2S2. The normalized spacial score (nSPS) is 31.5. The number of piperidine rings is 1. The first-order valence-electron chi connectivity index (χ1n) is 11.5. The molecule has 3 fully saturated rings. The molecule has 1 amide bonds. The van der Waals surface area contributed by atoms with Gasteiger partial charge in [-0.3, -0.25) is 14.2 Å². The minimum atomic E-state index is 0.0224. The molecule has 6 rings (SSSR count). The maximum Gasteiger partial charge on any atom is 0.308 e. The van der Waals surface area contributed by atoms with Crippen LogP contribution in [0.15, 0.2) is 34.1 Å². The Bertz CT molecular complexity index is 1060. The van der Waals surface area contributed by atoms with Crippen molar-refractivity contribution in [1.29, 1.82) is 0 Å². The summed E-state index contributed by atoms with van der Waals surface area (Å²) in [4.78, 5) is 29.3. The number of benzene rings is 1. The Labute approximate surface area is 196 Å². The number of thioether (sulfide) groups is 1. The van der Waals surface area contributed by atoms with Crippen molar-refractivity contribution in [1.82, 2.24) is 9.47 Å². The van der Waals surface area contributed by atoms with Gasteiger partial charge in [0.1, 0.15) is 6.54 Å². The van der Waals surface area contributed by atoms with Gasteiger partial charge in [-0.1, -0.05) is 35.1 Å². The molecule has 2 aliphatic heterocycles. The van der Waals surface area contributed by atoms with E-state index in [1.54, 1.807) is 4.57 Å². The zero-order chi connectivity index (χ0) is 21.1. The fourth-order valence-electron chi connectivity index (χ4n) is 6.51. The molecule has 164 valence electrons. The number of hydrogen-bond donors (Lipinski definition) is 0. The molecule has 0 N–H and O–H groups in total.